The Hall–Kier alpha value is -1.31. The molecule has 0 fully saturated rings. The predicted molar refractivity (Wildman–Crippen MR) is 52.1 cm³/mol. The van der Waals surface area contributed by atoms with E-state index in [0.717, 1.165) is 6.42 Å². The van der Waals surface area contributed by atoms with Crippen molar-refractivity contribution in [3.63, 3.8) is 0 Å². The Morgan fingerprint density at radius 1 is 1.33 bits per heavy atom. The van der Waals surface area contributed by atoms with Crippen LogP contribution in [0, 0.1) is 0 Å². The molecule has 0 aromatic carbocycles. The Morgan fingerprint density at radius 2 is 1.75 bits per heavy atom. The van der Waals surface area contributed by atoms with Gasteiger partial charge in [-0.1, -0.05) is 44.4 Å². The van der Waals surface area contributed by atoms with E-state index in [1.807, 2.05) is 19.1 Å². The van der Waals surface area contributed by atoms with Crippen molar-refractivity contribution in [1.29, 1.82) is 0 Å². The smallest absolute Gasteiger partial charge is 0.303 e. The predicted octanol–water partition coefficient (Wildman–Crippen LogP) is 2.79. The lowest BCUT2D eigenvalue weighted by molar-refractivity contribution is -0.137. The molecule has 0 bridgehead atoms. The van der Waals surface area contributed by atoms with Crippen LogP contribution in [0.15, 0.2) is 37.5 Å². The van der Waals surface area contributed by atoms with Crippen molar-refractivity contribution < 1.29 is 9.90 Å². The van der Waals surface area contributed by atoms with Crippen molar-refractivity contribution in [2.24, 2.45) is 0 Å². The summed E-state index contributed by atoms with van der Waals surface area (Å²) in [5.41, 5.74) is 0. The molecule has 0 spiro atoms. The summed E-state index contributed by atoms with van der Waals surface area (Å²) < 4.78 is 0. The quantitative estimate of drug-likeness (QED) is 0.655. The number of aliphatic carboxylic acids is 1. The SMILES string of the molecule is C=C/C=C\C=C.CCCC(=O)O. The van der Waals surface area contributed by atoms with Crippen molar-refractivity contribution in [1.82, 2.24) is 0 Å². The van der Waals surface area contributed by atoms with Crippen molar-refractivity contribution >= 4 is 5.97 Å². The molecule has 0 heterocycles. The van der Waals surface area contributed by atoms with E-state index >= 15 is 0 Å². The summed E-state index contributed by atoms with van der Waals surface area (Å²) >= 11 is 0. The van der Waals surface area contributed by atoms with Gasteiger partial charge in [-0.25, -0.2) is 0 Å². The second-order valence-corrected chi connectivity index (χ2v) is 2.00. The van der Waals surface area contributed by atoms with Crippen LogP contribution in [0.3, 0.4) is 0 Å². The highest BCUT2D eigenvalue weighted by molar-refractivity contribution is 5.66. The van der Waals surface area contributed by atoms with E-state index in [2.05, 4.69) is 13.2 Å². The summed E-state index contributed by atoms with van der Waals surface area (Å²) in [6, 6.07) is 0. The monoisotopic (exact) mass is 168 g/mol. The highest BCUT2D eigenvalue weighted by atomic mass is 16.4. The Labute approximate surface area is 73.9 Å². The Bertz CT molecular complexity index is 147. The van der Waals surface area contributed by atoms with Gasteiger partial charge in [0.25, 0.3) is 0 Å². The Morgan fingerprint density at radius 3 is 1.83 bits per heavy atom. The third-order valence-corrected chi connectivity index (χ3v) is 0.847. The van der Waals surface area contributed by atoms with E-state index in [1.165, 1.54) is 0 Å². The summed E-state index contributed by atoms with van der Waals surface area (Å²) in [6.07, 6.45) is 8.10. The van der Waals surface area contributed by atoms with Crippen molar-refractivity contribution in [2.75, 3.05) is 0 Å². The van der Waals surface area contributed by atoms with Gasteiger partial charge in [-0.05, 0) is 6.42 Å². The second kappa shape index (κ2) is 12.4. The maximum Gasteiger partial charge on any atom is 0.303 e. The van der Waals surface area contributed by atoms with Gasteiger partial charge in [0.05, 0.1) is 0 Å². The van der Waals surface area contributed by atoms with Crippen LogP contribution in [0.5, 0.6) is 0 Å². The molecule has 0 radical (unpaired) electrons. The van der Waals surface area contributed by atoms with E-state index in [4.69, 9.17) is 5.11 Å². The minimum Gasteiger partial charge on any atom is -0.481 e. The molecule has 0 aromatic heterocycles. The molecular formula is C10H16O2. The highest BCUT2D eigenvalue weighted by Gasteiger charge is 1.87. The van der Waals surface area contributed by atoms with Crippen molar-refractivity contribution in [2.45, 2.75) is 19.8 Å². The van der Waals surface area contributed by atoms with E-state index in [9.17, 15) is 4.79 Å². The zero-order chi connectivity index (χ0) is 9.82. The molecule has 2 nitrogen and oxygen atoms in total. The highest BCUT2D eigenvalue weighted by Crippen LogP contribution is 1.82. The number of hydrogen-bond donors (Lipinski definition) is 1. The van der Waals surface area contributed by atoms with Crippen molar-refractivity contribution in [3.05, 3.63) is 37.5 Å². The van der Waals surface area contributed by atoms with E-state index in [0.29, 0.717) is 6.42 Å². The molecule has 0 aromatic rings. The maximum atomic E-state index is 9.60. The molecule has 68 valence electrons. The molecule has 2 heteroatoms. The number of rotatable bonds is 4. The fourth-order valence-electron chi connectivity index (χ4n) is 0.371. The Kier molecular flexibility index (Phi) is 13.7. The van der Waals surface area contributed by atoms with E-state index in [-0.39, 0.29) is 0 Å². The van der Waals surface area contributed by atoms with Gasteiger partial charge in [0.2, 0.25) is 0 Å². The normalized spacial score (nSPS) is 8.42. The minimum absolute atomic E-state index is 0.292. The van der Waals surface area contributed by atoms with E-state index < -0.39 is 5.97 Å². The number of hydrogen-bond acceptors (Lipinski definition) is 1. The summed E-state index contributed by atoms with van der Waals surface area (Å²) in [5.74, 6) is -0.711. The molecular weight excluding hydrogens is 152 g/mol. The summed E-state index contributed by atoms with van der Waals surface area (Å²) in [5, 5.41) is 7.91. The largest absolute Gasteiger partial charge is 0.481 e. The minimum atomic E-state index is -0.711. The van der Waals surface area contributed by atoms with Gasteiger partial charge < -0.3 is 5.11 Å². The molecule has 0 saturated carbocycles. The lowest BCUT2D eigenvalue weighted by atomic mass is 10.4. The molecule has 1 N–H and O–H groups in total. The zero-order valence-electron chi connectivity index (χ0n) is 7.49. The fraction of sp³-hybridized carbons (Fsp3) is 0.300. The maximum absolute atomic E-state index is 9.60. The van der Waals surface area contributed by atoms with Gasteiger partial charge in [0.15, 0.2) is 0 Å². The van der Waals surface area contributed by atoms with Crippen LogP contribution in [0.4, 0.5) is 0 Å². The number of allylic oxidation sites excluding steroid dienone is 4. The molecule has 12 heavy (non-hydrogen) atoms. The summed E-state index contributed by atoms with van der Waals surface area (Å²) in [4.78, 5) is 9.60. The summed E-state index contributed by atoms with van der Waals surface area (Å²) in [6.45, 7) is 8.77. The van der Waals surface area contributed by atoms with Crippen LogP contribution in [-0.2, 0) is 4.79 Å². The van der Waals surface area contributed by atoms with E-state index in [1.54, 1.807) is 12.2 Å². The number of carboxylic acid groups (broad SMARTS) is 1. The van der Waals surface area contributed by atoms with Gasteiger partial charge >= 0.3 is 5.97 Å². The molecule has 0 rings (SSSR count). The zero-order valence-corrected chi connectivity index (χ0v) is 7.49. The topological polar surface area (TPSA) is 37.3 Å². The van der Waals surface area contributed by atoms with Gasteiger partial charge in [0.1, 0.15) is 0 Å². The lowest BCUT2D eigenvalue weighted by Gasteiger charge is -1.79. The first-order valence-corrected chi connectivity index (χ1v) is 3.80. The Balaban J connectivity index is 0. The van der Waals surface area contributed by atoms with Crippen molar-refractivity contribution in [3.8, 4) is 0 Å². The molecule has 0 atom stereocenters. The second-order valence-electron chi connectivity index (χ2n) is 2.00. The first kappa shape index (κ1) is 13.3. The molecule has 0 aliphatic rings. The molecule has 0 saturated heterocycles. The average molecular weight is 168 g/mol. The number of carboxylic acids is 1. The van der Waals surface area contributed by atoms with Crippen LogP contribution in [0.2, 0.25) is 0 Å². The third-order valence-electron chi connectivity index (χ3n) is 0.847. The van der Waals surface area contributed by atoms with Crippen LogP contribution in [0.1, 0.15) is 19.8 Å². The first-order chi connectivity index (χ1) is 5.68. The van der Waals surface area contributed by atoms with Crippen LogP contribution < -0.4 is 0 Å². The van der Waals surface area contributed by atoms with Gasteiger partial charge in [-0.2, -0.15) is 0 Å². The van der Waals surface area contributed by atoms with Gasteiger partial charge in [-0.3, -0.25) is 4.79 Å². The molecule has 0 aliphatic carbocycles. The lowest BCUT2D eigenvalue weighted by Crippen LogP contribution is -1.90. The molecule has 0 aliphatic heterocycles. The molecule has 0 amide bonds. The fourth-order valence-corrected chi connectivity index (χ4v) is 0.371. The first-order valence-electron chi connectivity index (χ1n) is 3.80. The third kappa shape index (κ3) is 23.4. The molecule has 0 unspecified atom stereocenters. The number of carbonyl (C=O) groups is 1. The average Bonchev–Trinajstić information content (AvgIpc) is 2.02. The standard InChI is InChI=1S/C6H8.C4H8O2/c1-3-5-6-4-2;1-2-3-4(5)6/h3-6H,1-2H2;2-3H2,1H3,(H,5,6)/b6-5-;. The van der Waals surface area contributed by atoms with Gasteiger partial charge in [-0.15, -0.1) is 0 Å². The summed E-state index contributed by atoms with van der Waals surface area (Å²) in [7, 11) is 0. The van der Waals surface area contributed by atoms with Crippen LogP contribution in [-0.4, -0.2) is 11.1 Å². The van der Waals surface area contributed by atoms with Gasteiger partial charge in [0, 0.05) is 6.42 Å². The van der Waals surface area contributed by atoms with Crippen LogP contribution >= 0.6 is 0 Å². The van der Waals surface area contributed by atoms with Crippen LogP contribution in [0.25, 0.3) is 0 Å².